The van der Waals surface area contributed by atoms with Crippen LogP contribution >= 0.6 is 46.2 Å². The summed E-state index contributed by atoms with van der Waals surface area (Å²) in [6, 6.07) is 18.7. The number of rotatable bonds is 8. The van der Waals surface area contributed by atoms with Crippen molar-refractivity contribution in [2.24, 2.45) is 5.10 Å². The number of fused-ring (bicyclic) bond motifs is 1. The summed E-state index contributed by atoms with van der Waals surface area (Å²) < 4.78 is 1.68. The molecule has 0 atom stereocenters. The zero-order valence-corrected chi connectivity index (χ0v) is 19.3. The Kier molecular flexibility index (Phi) is 7.16. The van der Waals surface area contributed by atoms with Crippen molar-refractivity contribution in [3.63, 3.8) is 0 Å². The molecule has 0 spiro atoms. The topological polar surface area (TPSA) is 67.2 Å². The van der Waals surface area contributed by atoms with E-state index >= 15 is 0 Å². The molecule has 0 aliphatic rings. The highest BCUT2D eigenvalue weighted by Gasteiger charge is 2.10. The Labute approximate surface area is 191 Å². The minimum Gasteiger partial charge on any atom is -0.272 e. The summed E-state index contributed by atoms with van der Waals surface area (Å²) in [6.45, 7) is 1.88. The van der Waals surface area contributed by atoms with Crippen molar-refractivity contribution in [2.75, 3.05) is 5.75 Å². The van der Waals surface area contributed by atoms with Crippen LogP contribution in [0.15, 0.2) is 73.8 Å². The zero-order chi connectivity index (χ0) is 20.8. The van der Waals surface area contributed by atoms with Crippen LogP contribution in [0.2, 0.25) is 0 Å². The average Bonchev–Trinajstić information content (AvgIpc) is 3.47. The second kappa shape index (κ2) is 10.2. The maximum absolute atomic E-state index is 12.0. The molecule has 1 amide bonds. The third-order valence-corrected chi connectivity index (χ3v) is 8.39. The molecule has 2 aromatic carbocycles. The number of thioether (sulfide) groups is 2. The summed E-state index contributed by atoms with van der Waals surface area (Å²) in [5.41, 5.74) is 4.67. The van der Waals surface area contributed by atoms with E-state index in [0.717, 1.165) is 25.0 Å². The van der Waals surface area contributed by atoms with Crippen LogP contribution in [0.5, 0.6) is 0 Å². The van der Waals surface area contributed by atoms with E-state index in [9.17, 15) is 4.79 Å². The van der Waals surface area contributed by atoms with Gasteiger partial charge in [0.2, 0.25) is 0 Å². The molecule has 0 bridgehead atoms. The van der Waals surface area contributed by atoms with Crippen LogP contribution < -0.4 is 5.43 Å². The van der Waals surface area contributed by atoms with Crippen LogP contribution in [0.4, 0.5) is 0 Å². The maximum atomic E-state index is 12.0. The second-order valence-corrected chi connectivity index (χ2v) is 10.6. The van der Waals surface area contributed by atoms with E-state index < -0.39 is 0 Å². The van der Waals surface area contributed by atoms with Gasteiger partial charge < -0.3 is 0 Å². The highest BCUT2D eigenvalue weighted by Crippen LogP contribution is 2.32. The van der Waals surface area contributed by atoms with Gasteiger partial charge in [0.05, 0.1) is 11.5 Å². The number of carbonyl (C=O) groups is 1. The summed E-state index contributed by atoms with van der Waals surface area (Å²) in [5, 5.41) is 17.1. The molecule has 0 aliphatic heterocycles. The number of nitrogens with zero attached hydrogens (tertiary/aromatic N) is 3. The summed E-state index contributed by atoms with van der Waals surface area (Å²) >= 11 is 6.15. The van der Waals surface area contributed by atoms with Crippen LogP contribution in [0.1, 0.15) is 17.4 Å². The number of hydrogen-bond donors (Lipinski definition) is 1. The number of hydrogen-bond acceptors (Lipinski definition) is 8. The molecule has 1 N–H and O–H groups in total. The Balaban J connectivity index is 1.28. The van der Waals surface area contributed by atoms with Crippen molar-refractivity contribution in [3.05, 3.63) is 70.4 Å². The minimum absolute atomic E-state index is 0.156. The van der Waals surface area contributed by atoms with Gasteiger partial charge in [-0.15, -0.1) is 21.5 Å². The number of carbonyl (C=O) groups excluding carboxylic acids is 1. The predicted octanol–water partition coefficient (Wildman–Crippen LogP) is 5.68. The van der Waals surface area contributed by atoms with Gasteiger partial charge in [0.25, 0.3) is 5.91 Å². The Hall–Kier alpha value is -2.20. The molecule has 0 aliphatic carbocycles. The Morgan fingerprint density at radius 3 is 2.67 bits per heavy atom. The smallest absolute Gasteiger partial charge is 0.250 e. The van der Waals surface area contributed by atoms with E-state index in [2.05, 4.69) is 63.2 Å². The molecule has 0 saturated heterocycles. The molecule has 0 unspecified atom stereocenters. The lowest BCUT2D eigenvalue weighted by molar-refractivity contribution is -0.118. The molecule has 2 aromatic heterocycles. The molecule has 9 heteroatoms. The first-order valence-corrected chi connectivity index (χ1v) is 12.8. The van der Waals surface area contributed by atoms with E-state index in [0.29, 0.717) is 0 Å². The second-order valence-electron chi connectivity index (χ2n) is 6.26. The molecule has 0 fully saturated rings. The molecule has 30 heavy (non-hydrogen) atoms. The van der Waals surface area contributed by atoms with E-state index in [4.69, 9.17) is 0 Å². The van der Waals surface area contributed by atoms with Gasteiger partial charge in [-0.3, -0.25) is 4.79 Å². The van der Waals surface area contributed by atoms with Crippen LogP contribution in [0.3, 0.4) is 0 Å². The molecule has 152 valence electrons. The first-order valence-electron chi connectivity index (χ1n) is 9.12. The normalized spacial score (nSPS) is 11.7. The van der Waals surface area contributed by atoms with Gasteiger partial charge in [-0.1, -0.05) is 83.4 Å². The maximum Gasteiger partial charge on any atom is 0.250 e. The quantitative estimate of drug-likeness (QED) is 0.204. The van der Waals surface area contributed by atoms with Crippen molar-refractivity contribution in [2.45, 2.75) is 21.4 Å². The minimum atomic E-state index is -0.156. The molecule has 5 nitrogen and oxygen atoms in total. The summed E-state index contributed by atoms with van der Waals surface area (Å²) in [5.74, 6) is 0.929. The van der Waals surface area contributed by atoms with Gasteiger partial charge in [0, 0.05) is 10.6 Å². The van der Waals surface area contributed by atoms with E-state index in [1.54, 1.807) is 23.1 Å². The first-order chi connectivity index (χ1) is 14.7. The molecule has 0 radical (unpaired) electrons. The Bertz CT molecular complexity index is 1170. The Morgan fingerprint density at radius 1 is 1.03 bits per heavy atom. The largest absolute Gasteiger partial charge is 0.272 e. The van der Waals surface area contributed by atoms with Crippen molar-refractivity contribution in [1.82, 2.24) is 15.6 Å². The number of thiophene rings is 1. The summed E-state index contributed by atoms with van der Waals surface area (Å²) in [7, 11) is 0. The van der Waals surface area contributed by atoms with Crippen LogP contribution in [0.25, 0.3) is 10.8 Å². The highest BCUT2D eigenvalue weighted by atomic mass is 32.2. The molecule has 2 heterocycles. The lowest BCUT2D eigenvalue weighted by atomic mass is 10.1. The molecular formula is C21H18N4OS4. The number of amides is 1. The molecule has 4 aromatic rings. The van der Waals surface area contributed by atoms with Crippen molar-refractivity contribution < 1.29 is 4.79 Å². The molecule has 0 saturated carbocycles. The monoisotopic (exact) mass is 470 g/mol. The lowest BCUT2D eigenvalue weighted by Crippen LogP contribution is -2.20. The van der Waals surface area contributed by atoms with E-state index in [1.165, 1.54) is 39.4 Å². The van der Waals surface area contributed by atoms with Crippen molar-refractivity contribution >= 4 is 68.6 Å². The number of hydrazone groups is 1. The highest BCUT2D eigenvalue weighted by molar-refractivity contribution is 8.03. The number of benzene rings is 2. The van der Waals surface area contributed by atoms with Gasteiger partial charge >= 0.3 is 0 Å². The standard InChI is InChI=1S/C21H18N4OS4/c1-14(18-10-5-11-27-18)22-23-19(26)13-29-21-25-24-20(30-21)28-12-16-8-4-7-15-6-2-3-9-17(15)16/h2-11H,12-13H2,1H3,(H,23,26)/b22-14+. The predicted molar refractivity (Wildman–Crippen MR) is 129 cm³/mol. The average molecular weight is 471 g/mol. The zero-order valence-electron chi connectivity index (χ0n) is 16.1. The first kappa shape index (κ1) is 21.0. The van der Waals surface area contributed by atoms with Crippen LogP contribution in [0, 0.1) is 0 Å². The Morgan fingerprint density at radius 2 is 1.83 bits per heavy atom. The van der Waals surface area contributed by atoms with E-state index in [1.807, 2.05) is 24.4 Å². The van der Waals surface area contributed by atoms with Crippen molar-refractivity contribution in [1.29, 1.82) is 0 Å². The fourth-order valence-electron chi connectivity index (χ4n) is 2.72. The van der Waals surface area contributed by atoms with E-state index in [-0.39, 0.29) is 11.7 Å². The van der Waals surface area contributed by atoms with Gasteiger partial charge in [0.15, 0.2) is 8.68 Å². The van der Waals surface area contributed by atoms with Gasteiger partial charge in [-0.2, -0.15) is 5.10 Å². The van der Waals surface area contributed by atoms with Gasteiger partial charge in [-0.25, -0.2) is 5.43 Å². The van der Waals surface area contributed by atoms with Crippen LogP contribution in [-0.2, 0) is 10.5 Å². The molecular weight excluding hydrogens is 453 g/mol. The number of aromatic nitrogens is 2. The van der Waals surface area contributed by atoms with Crippen LogP contribution in [-0.4, -0.2) is 27.6 Å². The third-order valence-electron chi connectivity index (χ3n) is 4.17. The summed E-state index contributed by atoms with van der Waals surface area (Å²) in [4.78, 5) is 13.1. The van der Waals surface area contributed by atoms with Crippen molar-refractivity contribution in [3.8, 4) is 0 Å². The third kappa shape index (κ3) is 5.48. The lowest BCUT2D eigenvalue weighted by Gasteiger charge is -2.04. The number of nitrogens with one attached hydrogen (secondary N) is 1. The van der Waals surface area contributed by atoms with Gasteiger partial charge in [-0.05, 0) is 34.7 Å². The van der Waals surface area contributed by atoms with Gasteiger partial charge in [0.1, 0.15) is 0 Å². The fourth-order valence-corrected chi connectivity index (χ4v) is 6.21. The molecule has 4 rings (SSSR count). The SMILES string of the molecule is C/C(=N\NC(=O)CSc1nnc(SCc2cccc3ccccc23)s1)c1cccs1. The fraction of sp³-hybridized carbons (Fsp3) is 0.143. The summed E-state index contributed by atoms with van der Waals surface area (Å²) in [6.07, 6.45) is 0.